The number of hydrogen-bond donors (Lipinski definition) is 2. The molecule has 2 saturated heterocycles. The summed E-state index contributed by atoms with van der Waals surface area (Å²) in [7, 11) is -2.34. The molecule has 0 aromatic heterocycles. The summed E-state index contributed by atoms with van der Waals surface area (Å²) in [4.78, 5) is 12.6. The minimum absolute atomic E-state index is 0.0105. The van der Waals surface area contributed by atoms with Crippen LogP contribution in [0.3, 0.4) is 0 Å². The van der Waals surface area contributed by atoms with Crippen molar-refractivity contribution in [1.29, 1.82) is 0 Å². The van der Waals surface area contributed by atoms with Gasteiger partial charge in [0, 0.05) is 31.2 Å². The Bertz CT molecular complexity index is 741. The molecule has 26 heavy (non-hydrogen) atoms. The van der Waals surface area contributed by atoms with Crippen LogP contribution in [0, 0.1) is 0 Å². The van der Waals surface area contributed by atoms with Crippen molar-refractivity contribution in [2.45, 2.75) is 23.8 Å². The fraction of sp³-hybridized carbons (Fsp3) is 0.588. The second-order valence-electron chi connectivity index (χ2n) is 6.40. The van der Waals surface area contributed by atoms with Gasteiger partial charge in [-0.2, -0.15) is 4.31 Å². The standard InChI is InChI=1S/C17H25N3O5S/c1-24-15-5-4-13(17(21)19-14-3-2-6-18-12-14)11-16(15)26(22,23)20-7-9-25-10-8-20/h4-5,11,14,18H,2-3,6-10,12H2,1H3,(H,19,21). The molecule has 1 aromatic carbocycles. The van der Waals surface area contributed by atoms with Crippen LogP contribution >= 0.6 is 0 Å². The zero-order valence-electron chi connectivity index (χ0n) is 14.9. The molecule has 2 fully saturated rings. The van der Waals surface area contributed by atoms with Gasteiger partial charge in [-0.25, -0.2) is 8.42 Å². The molecule has 1 atom stereocenters. The molecule has 2 aliphatic heterocycles. The first-order valence-electron chi connectivity index (χ1n) is 8.80. The first kappa shape index (κ1) is 19.1. The number of sulfonamides is 1. The van der Waals surface area contributed by atoms with Gasteiger partial charge in [-0.1, -0.05) is 0 Å². The summed E-state index contributed by atoms with van der Waals surface area (Å²) in [6.45, 7) is 2.97. The van der Waals surface area contributed by atoms with E-state index in [4.69, 9.17) is 9.47 Å². The molecular weight excluding hydrogens is 358 g/mol. The van der Waals surface area contributed by atoms with Gasteiger partial charge in [0.2, 0.25) is 10.0 Å². The second kappa shape index (κ2) is 8.34. The molecule has 2 N–H and O–H groups in total. The molecule has 0 radical (unpaired) electrons. The highest BCUT2D eigenvalue weighted by atomic mass is 32.2. The van der Waals surface area contributed by atoms with Crippen molar-refractivity contribution >= 4 is 15.9 Å². The highest BCUT2D eigenvalue weighted by Gasteiger charge is 2.30. The fourth-order valence-electron chi connectivity index (χ4n) is 3.19. The maximum absolute atomic E-state index is 13.0. The van der Waals surface area contributed by atoms with Crippen LogP contribution in [0.15, 0.2) is 23.1 Å². The number of carbonyl (C=O) groups is 1. The van der Waals surface area contributed by atoms with E-state index in [-0.39, 0.29) is 35.7 Å². The van der Waals surface area contributed by atoms with Gasteiger partial charge in [-0.3, -0.25) is 4.79 Å². The largest absolute Gasteiger partial charge is 0.495 e. The highest BCUT2D eigenvalue weighted by Crippen LogP contribution is 2.28. The van der Waals surface area contributed by atoms with E-state index < -0.39 is 10.0 Å². The van der Waals surface area contributed by atoms with E-state index in [1.165, 1.54) is 23.5 Å². The van der Waals surface area contributed by atoms with Gasteiger partial charge in [0.1, 0.15) is 10.6 Å². The van der Waals surface area contributed by atoms with Crippen molar-refractivity contribution in [2.75, 3.05) is 46.5 Å². The lowest BCUT2D eigenvalue weighted by molar-refractivity contribution is 0.0729. The predicted molar refractivity (Wildman–Crippen MR) is 95.9 cm³/mol. The summed E-state index contributed by atoms with van der Waals surface area (Å²) >= 11 is 0. The van der Waals surface area contributed by atoms with Crippen LogP contribution in [0.4, 0.5) is 0 Å². The lowest BCUT2D eigenvalue weighted by Gasteiger charge is -2.27. The fourth-order valence-corrected chi connectivity index (χ4v) is 4.78. The quantitative estimate of drug-likeness (QED) is 0.754. The Morgan fingerprint density at radius 1 is 1.35 bits per heavy atom. The lowest BCUT2D eigenvalue weighted by Crippen LogP contribution is -2.45. The third kappa shape index (κ3) is 4.17. The molecule has 1 aromatic rings. The normalized spacial score (nSPS) is 22.0. The third-order valence-corrected chi connectivity index (χ3v) is 6.57. The summed E-state index contributed by atoms with van der Waals surface area (Å²) in [6, 6.07) is 4.57. The zero-order valence-corrected chi connectivity index (χ0v) is 15.7. The van der Waals surface area contributed by atoms with E-state index in [1.54, 1.807) is 6.07 Å². The number of piperidine rings is 1. The van der Waals surface area contributed by atoms with Gasteiger partial charge in [0.25, 0.3) is 5.91 Å². The van der Waals surface area contributed by atoms with Gasteiger partial charge in [0.15, 0.2) is 0 Å². The van der Waals surface area contributed by atoms with E-state index in [9.17, 15) is 13.2 Å². The number of methoxy groups -OCH3 is 1. The number of carbonyl (C=O) groups excluding carboxylic acids is 1. The molecule has 2 heterocycles. The molecule has 2 aliphatic rings. The van der Waals surface area contributed by atoms with Gasteiger partial charge in [-0.15, -0.1) is 0 Å². The van der Waals surface area contributed by atoms with E-state index in [1.807, 2.05) is 0 Å². The molecule has 0 spiro atoms. The minimum Gasteiger partial charge on any atom is -0.495 e. The predicted octanol–water partition coefficient (Wildman–Crippen LogP) is 0.198. The summed E-state index contributed by atoms with van der Waals surface area (Å²) in [6.07, 6.45) is 1.91. The lowest BCUT2D eigenvalue weighted by atomic mass is 10.1. The van der Waals surface area contributed by atoms with Crippen LogP contribution in [0.25, 0.3) is 0 Å². The monoisotopic (exact) mass is 383 g/mol. The molecule has 144 valence electrons. The smallest absolute Gasteiger partial charge is 0.251 e. The average Bonchev–Trinajstić information content (AvgIpc) is 2.69. The van der Waals surface area contributed by atoms with Crippen LogP contribution in [-0.4, -0.2) is 71.2 Å². The van der Waals surface area contributed by atoms with Crippen molar-refractivity contribution < 1.29 is 22.7 Å². The Morgan fingerprint density at radius 3 is 2.77 bits per heavy atom. The third-order valence-electron chi connectivity index (χ3n) is 4.65. The Kier molecular flexibility index (Phi) is 6.13. The molecule has 1 unspecified atom stereocenters. The van der Waals surface area contributed by atoms with Crippen LogP contribution in [0.1, 0.15) is 23.2 Å². The topological polar surface area (TPSA) is 97.0 Å². The molecular formula is C17H25N3O5S. The molecule has 1 amide bonds. The first-order valence-corrected chi connectivity index (χ1v) is 10.2. The number of hydrogen-bond acceptors (Lipinski definition) is 6. The summed E-state index contributed by atoms with van der Waals surface area (Å²) in [5.74, 6) is -0.0489. The number of rotatable bonds is 5. The summed E-state index contributed by atoms with van der Waals surface area (Å²) < 4.78 is 37.8. The molecule has 3 rings (SSSR count). The number of morpholine rings is 1. The number of nitrogens with zero attached hydrogens (tertiary/aromatic N) is 1. The first-order chi connectivity index (χ1) is 12.5. The van der Waals surface area contributed by atoms with Crippen LogP contribution < -0.4 is 15.4 Å². The van der Waals surface area contributed by atoms with E-state index in [0.29, 0.717) is 18.8 Å². The number of ether oxygens (including phenoxy) is 2. The summed E-state index contributed by atoms with van der Waals surface area (Å²) in [5, 5.41) is 6.20. The Labute approximate surface area is 153 Å². The van der Waals surface area contributed by atoms with Crippen molar-refractivity contribution in [3.8, 4) is 5.75 Å². The maximum atomic E-state index is 13.0. The van der Waals surface area contributed by atoms with E-state index in [2.05, 4.69) is 10.6 Å². The van der Waals surface area contributed by atoms with Gasteiger partial charge in [-0.05, 0) is 37.6 Å². The highest BCUT2D eigenvalue weighted by molar-refractivity contribution is 7.89. The average molecular weight is 383 g/mol. The minimum atomic E-state index is -3.76. The molecule has 0 bridgehead atoms. The second-order valence-corrected chi connectivity index (χ2v) is 8.31. The molecule has 0 aliphatic carbocycles. The van der Waals surface area contributed by atoms with Crippen LogP contribution in [0.5, 0.6) is 5.75 Å². The molecule has 8 nitrogen and oxygen atoms in total. The van der Waals surface area contributed by atoms with Crippen LogP contribution in [0.2, 0.25) is 0 Å². The number of benzene rings is 1. The molecule has 0 saturated carbocycles. The molecule has 9 heteroatoms. The van der Waals surface area contributed by atoms with Crippen molar-refractivity contribution in [3.05, 3.63) is 23.8 Å². The van der Waals surface area contributed by atoms with Crippen molar-refractivity contribution in [2.24, 2.45) is 0 Å². The van der Waals surface area contributed by atoms with E-state index >= 15 is 0 Å². The van der Waals surface area contributed by atoms with Crippen molar-refractivity contribution in [3.63, 3.8) is 0 Å². The zero-order chi connectivity index (χ0) is 18.6. The SMILES string of the molecule is COc1ccc(C(=O)NC2CCCNC2)cc1S(=O)(=O)N1CCOCC1. The van der Waals surface area contributed by atoms with Gasteiger partial charge < -0.3 is 20.1 Å². The number of nitrogens with one attached hydrogen (secondary N) is 2. The number of amides is 1. The Morgan fingerprint density at radius 2 is 2.12 bits per heavy atom. The maximum Gasteiger partial charge on any atom is 0.251 e. The van der Waals surface area contributed by atoms with Crippen molar-refractivity contribution in [1.82, 2.24) is 14.9 Å². The summed E-state index contributed by atoms with van der Waals surface area (Å²) in [5.41, 5.74) is 0.309. The Hall–Kier alpha value is -1.68. The van der Waals surface area contributed by atoms with Crippen LogP contribution in [-0.2, 0) is 14.8 Å². The van der Waals surface area contributed by atoms with Gasteiger partial charge in [0.05, 0.1) is 20.3 Å². The Balaban J connectivity index is 1.84. The van der Waals surface area contributed by atoms with E-state index in [0.717, 1.165) is 25.9 Å². The van der Waals surface area contributed by atoms with Gasteiger partial charge >= 0.3 is 0 Å².